The summed E-state index contributed by atoms with van der Waals surface area (Å²) in [4.78, 5) is 42.1. The van der Waals surface area contributed by atoms with Crippen LogP contribution in [0.5, 0.6) is 5.75 Å². The van der Waals surface area contributed by atoms with Gasteiger partial charge in [0.05, 0.1) is 25.2 Å². The first-order chi connectivity index (χ1) is 21.4. The van der Waals surface area contributed by atoms with E-state index in [1.165, 1.54) is 29.1 Å². The number of anilines is 1. The van der Waals surface area contributed by atoms with Crippen LogP contribution in [-0.4, -0.2) is 69.0 Å². The van der Waals surface area contributed by atoms with E-state index in [0.29, 0.717) is 23.3 Å². The maximum Gasteiger partial charge on any atom is 0.351 e. The topological polar surface area (TPSA) is 157 Å². The second kappa shape index (κ2) is 21.4. The molecule has 1 aliphatic rings. The largest absolute Gasteiger partial charge is 0.484 e. The van der Waals surface area contributed by atoms with Crippen LogP contribution in [0.15, 0.2) is 47.4 Å². The van der Waals surface area contributed by atoms with Gasteiger partial charge in [0.25, 0.3) is 20.4 Å². The lowest BCUT2D eigenvalue weighted by molar-refractivity contribution is -0.197. The lowest BCUT2D eigenvalue weighted by atomic mass is 10.2. The molecular weight excluding hydrogens is 730 g/mol. The van der Waals surface area contributed by atoms with Crippen LogP contribution < -0.4 is 15.7 Å². The molecule has 3 rings (SSSR count). The number of alkyl halides is 2. The van der Waals surface area contributed by atoms with Crippen LogP contribution in [0, 0.1) is 11.3 Å². The zero-order valence-electron chi connectivity index (χ0n) is 26.1. The van der Waals surface area contributed by atoms with Crippen molar-refractivity contribution in [2.45, 2.75) is 84.7 Å². The van der Waals surface area contributed by atoms with Crippen molar-refractivity contribution in [3.63, 3.8) is 0 Å². The van der Waals surface area contributed by atoms with Gasteiger partial charge in [0, 0.05) is 24.7 Å². The Kier molecular flexibility index (Phi) is 19.4. The second-order valence-corrected chi connectivity index (χ2v) is 11.2. The minimum absolute atomic E-state index is 0.0904. The Morgan fingerprint density at radius 3 is 2.47 bits per heavy atom. The Labute approximate surface area is 277 Å². The van der Waals surface area contributed by atoms with Crippen molar-refractivity contribution in [2.24, 2.45) is 0 Å². The van der Waals surface area contributed by atoms with Crippen molar-refractivity contribution >= 4 is 43.3 Å². The number of para-hydroxylation sites is 1. The number of aromatic nitrogens is 2. The molecule has 45 heavy (non-hydrogen) atoms. The fourth-order valence-corrected chi connectivity index (χ4v) is 5.26. The third-order valence-electron chi connectivity index (χ3n) is 5.62. The first-order valence-electron chi connectivity index (χ1n) is 14.2. The van der Waals surface area contributed by atoms with Crippen LogP contribution in [0.3, 0.4) is 0 Å². The zero-order valence-corrected chi connectivity index (χ0v) is 29.1. The summed E-state index contributed by atoms with van der Waals surface area (Å²) in [7, 11) is -1.55. The van der Waals surface area contributed by atoms with Gasteiger partial charge < -0.3 is 24.2 Å². The first kappa shape index (κ1) is 40.7. The van der Waals surface area contributed by atoms with Gasteiger partial charge in [0.2, 0.25) is 6.23 Å². The van der Waals surface area contributed by atoms with E-state index in [9.17, 15) is 23.3 Å². The number of nitrogens with zero attached hydrogens (tertiary/aromatic N) is 4. The lowest BCUT2D eigenvalue weighted by Gasteiger charge is -2.32. The van der Waals surface area contributed by atoms with Gasteiger partial charge >= 0.3 is 5.69 Å². The predicted molar refractivity (Wildman–Crippen MR) is 172 cm³/mol. The van der Waals surface area contributed by atoms with E-state index in [-0.39, 0.29) is 31.1 Å². The molecule has 1 unspecified atom stereocenters. The van der Waals surface area contributed by atoms with E-state index < -0.39 is 44.8 Å². The molecule has 0 radical (unpaired) electrons. The molecule has 3 atom stereocenters. The number of carbonyl (C=O) groups excluding carboxylic acids is 1. The number of carbonyl (C=O) groups is 1. The molecule has 13 nitrogen and oxygen atoms in total. The minimum Gasteiger partial charge on any atom is -0.484 e. The van der Waals surface area contributed by atoms with Gasteiger partial charge in [-0.3, -0.25) is 9.36 Å². The van der Waals surface area contributed by atoms with Crippen LogP contribution in [0.25, 0.3) is 0 Å². The van der Waals surface area contributed by atoms with Gasteiger partial charge in [-0.2, -0.15) is 13.5 Å². The summed E-state index contributed by atoms with van der Waals surface area (Å²) in [6.07, 6.45) is -2.02. The van der Waals surface area contributed by atoms with Crippen LogP contribution in [-0.2, 0) is 22.2 Å². The number of rotatable bonds is 14. The lowest BCUT2D eigenvalue weighted by Crippen LogP contribution is -2.35. The highest BCUT2D eigenvalue weighted by Gasteiger charge is 2.52. The van der Waals surface area contributed by atoms with Crippen molar-refractivity contribution in [1.29, 1.82) is 5.26 Å². The van der Waals surface area contributed by atoms with Crippen LogP contribution in [0.1, 0.15) is 60.6 Å². The van der Waals surface area contributed by atoms with Crippen LogP contribution >= 0.6 is 31.5 Å². The monoisotopic (exact) mass is 771 g/mol. The molecule has 1 fully saturated rings. The number of nitrogens with one attached hydrogen (secondary N) is 1. The highest BCUT2D eigenvalue weighted by molar-refractivity contribution is 14.1. The summed E-state index contributed by atoms with van der Waals surface area (Å²) in [5.41, 5.74) is -0.997. The van der Waals surface area contributed by atoms with Crippen molar-refractivity contribution < 1.29 is 40.6 Å². The number of amides is 1. The molecule has 1 aromatic heterocycles. The molecule has 0 saturated carbocycles. The van der Waals surface area contributed by atoms with Gasteiger partial charge in [0.1, 0.15) is 18.2 Å². The molecule has 0 spiro atoms. The standard InChI is InChI=1S/C17H16F2IN3O6.C9H19N2O2P.C2H6/c18-17(19)8-12(9-27-29-20)28-15(17)23-7-6-13(22-16(23)25)21-14(24)10-26-11-4-2-1-3-5-11;1-8(2)11(9(3)4)14(12)13-7-5-6-10;1-2/h1-7,12,15H,8-10H2,(H,21,22,24,25);8-9,12H,5,7H2,1-4H3;1-2H3/t12-,15+;;/m0../s1. The van der Waals surface area contributed by atoms with Crippen molar-refractivity contribution in [2.75, 3.05) is 25.1 Å². The van der Waals surface area contributed by atoms with Crippen molar-refractivity contribution in [1.82, 2.24) is 14.2 Å². The molecule has 1 aliphatic heterocycles. The molecule has 2 aromatic rings. The van der Waals surface area contributed by atoms with Crippen molar-refractivity contribution in [3.05, 3.63) is 53.1 Å². The Hall–Kier alpha value is -2.36. The average Bonchev–Trinajstić information content (AvgIpc) is 3.30. The van der Waals surface area contributed by atoms with Crippen molar-refractivity contribution in [3.8, 4) is 11.8 Å². The molecule has 2 heterocycles. The highest BCUT2D eigenvalue weighted by Crippen LogP contribution is 2.42. The van der Waals surface area contributed by atoms with Gasteiger partial charge in [-0.1, -0.05) is 32.0 Å². The number of hydrogen-bond donors (Lipinski definition) is 2. The second-order valence-electron chi connectivity index (χ2n) is 9.64. The third-order valence-corrected chi connectivity index (χ3v) is 7.61. The zero-order chi connectivity index (χ0) is 34.0. The third kappa shape index (κ3) is 14.3. The number of halogens is 3. The Bertz CT molecular complexity index is 1230. The van der Waals surface area contributed by atoms with E-state index in [0.717, 1.165) is 6.20 Å². The molecular formula is C28H41F2IN5O8P. The quantitative estimate of drug-likeness (QED) is 0.0791. The number of benzene rings is 1. The van der Waals surface area contributed by atoms with E-state index in [2.05, 4.69) is 18.4 Å². The summed E-state index contributed by atoms with van der Waals surface area (Å²) in [5.74, 6) is -3.46. The van der Waals surface area contributed by atoms with E-state index in [4.69, 9.17) is 19.3 Å². The van der Waals surface area contributed by atoms with Gasteiger partial charge in [-0.05, 0) is 45.9 Å². The summed E-state index contributed by atoms with van der Waals surface area (Å²) in [6, 6.07) is 12.3. The minimum atomic E-state index is -3.31. The molecule has 1 amide bonds. The highest BCUT2D eigenvalue weighted by atomic mass is 127. The average molecular weight is 772 g/mol. The molecule has 0 bridgehead atoms. The fourth-order valence-electron chi connectivity index (χ4n) is 3.94. The normalized spacial score (nSPS) is 17.5. The van der Waals surface area contributed by atoms with Crippen LogP contribution in [0.2, 0.25) is 0 Å². The molecule has 252 valence electrons. The SMILES string of the molecule is CC.CC(C)N(C(C)C)P(O)OCCC#N.O=C(COc1ccccc1)Nc1ccn([C@@H]2O[C@H](COOI)CC2(F)F)c(=O)n1. The Morgan fingerprint density at radius 2 is 1.91 bits per heavy atom. The van der Waals surface area contributed by atoms with Crippen LogP contribution in [0.4, 0.5) is 14.6 Å². The maximum atomic E-state index is 14.2. The van der Waals surface area contributed by atoms with E-state index >= 15 is 0 Å². The van der Waals surface area contributed by atoms with Gasteiger partial charge in [-0.15, -0.1) is 0 Å². The number of nitriles is 1. The first-order valence-corrected chi connectivity index (χ1v) is 16.2. The Balaban J connectivity index is 0.000000536. The summed E-state index contributed by atoms with van der Waals surface area (Å²) >= 11 is 1.45. The summed E-state index contributed by atoms with van der Waals surface area (Å²) in [6.45, 7) is 11.8. The fraction of sp³-hybridized carbons (Fsp3) is 0.571. The van der Waals surface area contributed by atoms with Gasteiger partial charge in [0.15, 0.2) is 29.6 Å². The Morgan fingerprint density at radius 1 is 1.27 bits per heavy atom. The molecule has 17 heteroatoms. The molecule has 0 aliphatic carbocycles. The van der Waals surface area contributed by atoms with E-state index in [1.807, 2.05) is 52.3 Å². The summed E-state index contributed by atoms with van der Waals surface area (Å²) in [5, 5.41) is 10.7. The maximum absolute atomic E-state index is 14.2. The smallest absolute Gasteiger partial charge is 0.351 e. The number of ether oxygens (including phenoxy) is 2. The molecule has 1 saturated heterocycles. The summed E-state index contributed by atoms with van der Waals surface area (Å²) < 4.78 is 51.1. The van der Waals surface area contributed by atoms with E-state index in [1.54, 1.807) is 30.3 Å². The molecule has 1 aromatic carbocycles. The number of hydrogen-bond acceptors (Lipinski definition) is 11. The predicted octanol–water partition coefficient (Wildman–Crippen LogP) is 5.76. The molecule has 2 N–H and O–H groups in total. The van der Waals surface area contributed by atoms with Gasteiger partial charge in [-0.25, -0.2) is 23.1 Å².